The molecule has 8 nitrogen and oxygen atoms in total. The lowest BCUT2D eigenvalue weighted by atomic mass is 9.97. The van der Waals surface area contributed by atoms with Crippen LogP contribution in [0.5, 0.6) is 0 Å². The molecule has 144 valence electrons. The second kappa shape index (κ2) is 8.66. The second-order valence-electron chi connectivity index (χ2n) is 6.81. The van der Waals surface area contributed by atoms with Gasteiger partial charge in [-0.05, 0) is 31.4 Å². The Morgan fingerprint density at radius 3 is 2.96 bits per heavy atom. The fraction of sp³-hybridized carbons (Fsp3) is 0.474. The monoisotopic (exact) mass is 371 g/mol. The predicted molar refractivity (Wildman–Crippen MR) is 100 cm³/mol. The van der Waals surface area contributed by atoms with E-state index in [4.69, 9.17) is 10.3 Å². The molecule has 1 aliphatic heterocycles. The van der Waals surface area contributed by atoms with Crippen molar-refractivity contribution < 1.29 is 14.1 Å². The summed E-state index contributed by atoms with van der Waals surface area (Å²) >= 11 is 0. The number of carbonyl (C=O) groups excluding carboxylic acids is 2. The smallest absolute Gasteiger partial charge is 0.253 e. The zero-order chi connectivity index (χ0) is 19.2. The van der Waals surface area contributed by atoms with Crippen LogP contribution in [0.15, 0.2) is 28.9 Å². The van der Waals surface area contributed by atoms with Crippen LogP contribution < -0.4 is 16.0 Å². The van der Waals surface area contributed by atoms with Crippen LogP contribution >= 0.6 is 0 Å². The van der Waals surface area contributed by atoms with Gasteiger partial charge in [0.2, 0.25) is 5.91 Å². The van der Waals surface area contributed by atoms with E-state index in [1.165, 1.54) is 0 Å². The SMILES string of the molecule is CCCc1cc(CNC(=O)c2ccc(N3CCCC(C(N)=O)C3)nc2)on1. The summed E-state index contributed by atoms with van der Waals surface area (Å²) in [6.07, 6.45) is 5.10. The fourth-order valence-electron chi connectivity index (χ4n) is 3.21. The van der Waals surface area contributed by atoms with Crippen LogP contribution in [0.25, 0.3) is 0 Å². The number of nitrogens with two attached hydrogens (primary N) is 1. The molecule has 0 aliphatic carbocycles. The van der Waals surface area contributed by atoms with Gasteiger partial charge in [0.1, 0.15) is 5.82 Å². The van der Waals surface area contributed by atoms with Gasteiger partial charge in [-0.1, -0.05) is 18.5 Å². The molecule has 1 unspecified atom stereocenters. The zero-order valence-corrected chi connectivity index (χ0v) is 15.5. The van der Waals surface area contributed by atoms with E-state index in [-0.39, 0.29) is 24.3 Å². The molecule has 2 amide bonds. The van der Waals surface area contributed by atoms with E-state index in [9.17, 15) is 9.59 Å². The Morgan fingerprint density at radius 1 is 1.41 bits per heavy atom. The molecule has 8 heteroatoms. The molecule has 1 fully saturated rings. The number of piperidine rings is 1. The normalized spacial score (nSPS) is 16.9. The Balaban J connectivity index is 1.56. The number of aromatic nitrogens is 2. The average molecular weight is 371 g/mol. The molecule has 0 bridgehead atoms. The van der Waals surface area contributed by atoms with Crippen molar-refractivity contribution in [3.05, 3.63) is 41.4 Å². The van der Waals surface area contributed by atoms with Gasteiger partial charge in [0.05, 0.1) is 23.7 Å². The van der Waals surface area contributed by atoms with E-state index in [0.29, 0.717) is 17.9 Å². The van der Waals surface area contributed by atoms with Crippen LogP contribution in [-0.2, 0) is 17.8 Å². The highest BCUT2D eigenvalue weighted by molar-refractivity contribution is 5.94. The van der Waals surface area contributed by atoms with Crippen molar-refractivity contribution in [1.29, 1.82) is 0 Å². The number of pyridine rings is 1. The highest BCUT2D eigenvalue weighted by atomic mass is 16.5. The first-order chi connectivity index (χ1) is 13.1. The Labute approximate surface area is 158 Å². The molecule has 1 aliphatic rings. The number of carbonyl (C=O) groups is 2. The number of nitrogens with zero attached hydrogens (tertiary/aromatic N) is 3. The first kappa shape index (κ1) is 18.9. The molecule has 2 aromatic rings. The van der Waals surface area contributed by atoms with Crippen LogP contribution in [0.4, 0.5) is 5.82 Å². The predicted octanol–water partition coefficient (Wildman–Crippen LogP) is 1.65. The van der Waals surface area contributed by atoms with Gasteiger partial charge in [0.15, 0.2) is 5.76 Å². The highest BCUT2D eigenvalue weighted by Gasteiger charge is 2.24. The fourth-order valence-corrected chi connectivity index (χ4v) is 3.21. The van der Waals surface area contributed by atoms with E-state index in [1.807, 2.05) is 11.0 Å². The van der Waals surface area contributed by atoms with E-state index in [1.54, 1.807) is 18.3 Å². The third-order valence-electron chi connectivity index (χ3n) is 4.69. The largest absolute Gasteiger partial charge is 0.369 e. The number of nitrogens with one attached hydrogen (secondary N) is 1. The molecule has 0 aromatic carbocycles. The minimum Gasteiger partial charge on any atom is -0.369 e. The lowest BCUT2D eigenvalue weighted by molar-refractivity contribution is -0.122. The zero-order valence-electron chi connectivity index (χ0n) is 15.5. The lowest BCUT2D eigenvalue weighted by Crippen LogP contribution is -2.41. The van der Waals surface area contributed by atoms with Crippen molar-refractivity contribution in [3.8, 4) is 0 Å². The van der Waals surface area contributed by atoms with Crippen molar-refractivity contribution in [1.82, 2.24) is 15.5 Å². The van der Waals surface area contributed by atoms with Gasteiger partial charge in [-0.15, -0.1) is 0 Å². The van der Waals surface area contributed by atoms with Gasteiger partial charge in [-0.3, -0.25) is 9.59 Å². The molecule has 1 atom stereocenters. The Bertz CT molecular complexity index is 787. The molecule has 1 saturated heterocycles. The molecule has 0 saturated carbocycles. The van der Waals surface area contributed by atoms with Gasteiger partial charge in [0, 0.05) is 25.4 Å². The van der Waals surface area contributed by atoms with Crippen molar-refractivity contribution in [2.75, 3.05) is 18.0 Å². The van der Waals surface area contributed by atoms with Gasteiger partial charge in [0.25, 0.3) is 5.91 Å². The Morgan fingerprint density at radius 2 is 2.26 bits per heavy atom. The third kappa shape index (κ3) is 4.84. The Kier molecular flexibility index (Phi) is 6.05. The van der Waals surface area contributed by atoms with E-state index < -0.39 is 0 Å². The topological polar surface area (TPSA) is 114 Å². The number of anilines is 1. The number of primary amides is 1. The summed E-state index contributed by atoms with van der Waals surface area (Å²) < 4.78 is 5.21. The molecule has 2 aromatic heterocycles. The molecule has 0 spiro atoms. The van der Waals surface area contributed by atoms with Crippen molar-refractivity contribution >= 4 is 17.6 Å². The molecular weight excluding hydrogens is 346 g/mol. The highest BCUT2D eigenvalue weighted by Crippen LogP contribution is 2.21. The second-order valence-corrected chi connectivity index (χ2v) is 6.81. The van der Waals surface area contributed by atoms with E-state index in [2.05, 4.69) is 22.4 Å². The van der Waals surface area contributed by atoms with Crippen LogP contribution in [0.1, 0.15) is 48.0 Å². The minimum atomic E-state index is -0.273. The number of amides is 2. The summed E-state index contributed by atoms with van der Waals surface area (Å²) in [7, 11) is 0. The quantitative estimate of drug-likeness (QED) is 0.765. The Hall–Kier alpha value is -2.90. The number of hydrogen-bond donors (Lipinski definition) is 2. The maximum absolute atomic E-state index is 12.3. The molecule has 0 radical (unpaired) electrons. The van der Waals surface area contributed by atoms with Gasteiger partial charge in [-0.25, -0.2) is 4.98 Å². The van der Waals surface area contributed by atoms with Gasteiger partial charge in [-0.2, -0.15) is 0 Å². The van der Waals surface area contributed by atoms with Crippen LogP contribution in [0, 0.1) is 5.92 Å². The van der Waals surface area contributed by atoms with Crippen LogP contribution in [0.3, 0.4) is 0 Å². The third-order valence-corrected chi connectivity index (χ3v) is 4.69. The van der Waals surface area contributed by atoms with E-state index in [0.717, 1.165) is 43.7 Å². The molecule has 3 N–H and O–H groups in total. The number of aryl methyl sites for hydroxylation is 1. The van der Waals surface area contributed by atoms with Gasteiger partial charge >= 0.3 is 0 Å². The number of rotatable bonds is 7. The standard InChI is InChI=1S/C19H25N5O3/c1-2-4-15-9-16(27-23-15)11-22-19(26)13-6-7-17(21-10-13)24-8-3-5-14(12-24)18(20)25/h6-7,9-10,14H,2-5,8,11-12H2,1H3,(H2,20,25)(H,22,26). The maximum atomic E-state index is 12.3. The summed E-state index contributed by atoms with van der Waals surface area (Å²) in [6, 6.07) is 5.39. The average Bonchev–Trinajstić information content (AvgIpc) is 3.14. The summed E-state index contributed by atoms with van der Waals surface area (Å²) in [5.41, 5.74) is 6.78. The molecular formula is C19H25N5O3. The maximum Gasteiger partial charge on any atom is 0.253 e. The van der Waals surface area contributed by atoms with Crippen molar-refractivity contribution in [3.63, 3.8) is 0 Å². The first-order valence-electron chi connectivity index (χ1n) is 9.29. The lowest BCUT2D eigenvalue weighted by Gasteiger charge is -2.32. The molecule has 27 heavy (non-hydrogen) atoms. The van der Waals surface area contributed by atoms with Gasteiger partial charge < -0.3 is 20.5 Å². The summed E-state index contributed by atoms with van der Waals surface area (Å²) in [6.45, 7) is 3.75. The summed E-state index contributed by atoms with van der Waals surface area (Å²) in [5.74, 6) is 0.725. The van der Waals surface area contributed by atoms with Crippen LogP contribution in [-0.4, -0.2) is 35.0 Å². The van der Waals surface area contributed by atoms with Crippen molar-refractivity contribution in [2.24, 2.45) is 11.7 Å². The minimum absolute atomic E-state index is 0.150. The first-order valence-corrected chi connectivity index (χ1v) is 9.29. The number of hydrogen-bond acceptors (Lipinski definition) is 6. The van der Waals surface area contributed by atoms with E-state index >= 15 is 0 Å². The van der Waals surface area contributed by atoms with Crippen molar-refractivity contribution in [2.45, 2.75) is 39.2 Å². The molecule has 3 rings (SSSR count). The van der Waals surface area contributed by atoms with Crippen LogP contribution in [0.2, 0.25) is 0 Å². The summed E-state index contributed by atoms with van der Waals surface area (Å²) in [4.78, 5) is 30.1. The summed E-state index contributed by atoms with van der Waals surface area (Å²) in [5, 5.41) is 6.77. The molecule has 3 heterocycles.